The van der Waals surface area contributed by atoms with Crippen LogP contribution in [0.4, 0.5) is 0 Å². The predicted octanol–water partition coefficient (Wildman–Crippen LogP) is 4.43. The fourth-order valence-electron chi connectivity index (χ4n) is 3.50. The molecule has 1 fully saturated rings. The molecular weight excluding hydrogens is 380 g/mol. The van der Waals surface area contributed by atoms with E-state index in [4.69, 9.17) is 9.72 Å². The average molecular weight is 407 g/mol. The molecule has 0 spiro atoms. The first kappa shape index (κ1) is 19.5. The maximum absolute atomic E-state index is 6.10. The minimum atomic E-state index is 0.263. The molecule has 2 aromatic carbocycles. The van der Waals surface area contributed by atoms with Crippen molar-refractivity contribution in [3.05, 3.63) is 71.1 Å². The van der Waals surface area contributed by atoms with Crippen molar-refractivity contribution in [1.29, 1.82) is 0 Å². The summed E-state index contributed by atoms with van der Waals surface area (Å²) in [5, 5.41) is 6.64. The number of hydrogen-bond donors (Lipinski definition) is 1. The number of likely N-dealkylation sites (tertiary alicyclic amines) is 1. The molecule has 0 atom stereocenters. The van der Waals surface area contributed by atoms with Gasteiger partial charge in [0, 0.05) is 43.9 Å². The van der Waals surface area contributed by atoms with Crippen molar-refractivity contribution in [2.24, 2.45) is 4.99 Å². The number of aliphatic imine (C=N–C) groups is 1. The number of aromatic nitrogens is 1. The molecule has 2 heterocycles. The van der Waals surface area contributed by atoms with Gasteiger partial charge in [0.15, 0.2) is 5.96 Å². The van der Waals surface area contributed by atoms with E-state index in [1.165, 1.54) is 0 Å². The normalized spacial score (nSPS) is 15.3. The number of para-hydroxylation sites is 1. The molecule has 0 unspecified atom stereocenters. The first-order valence-corrected chi connectivity index (χ1v) is 10.9. The summed E-state index contributed by atoms with van der Waals surface area (Å²) < 4.78 is 6.10. The van der Waals surface area contributed by atoms with E-state index in [2.05, 4.69) is 32.7 Å². The van der Waals surface area contributed by atoms with Gasteiger partial charge in [-0.25, -0.2) is 4.98 Å². The summed E-state index contributed by atoms with van der Waals surface area (Å²) in [6.45, 7) is 2.55. The van der Waals surface area contributed by atoms with Crippen LogP contribution in [-0.2, 0) is 6.54 Å². The maximum Gasteiger partial charge on any atom is 0.193 e. The van der Waals surface area contributed by atoms with Crippen molar-refractivity contribution in [2.45, 2.75) is 25.5 Å². The second kappa shape index (κ2) is 9.56. The molecule has 0 amide bonds. The molecule has 5 nitrogen and oxygen atoms in total. The van der Waals surface area contributed by atoms with Crippen LogP contribution in [0.25, 0.3) is 11.3 Å². The number of guanidine groups is 1. The Labute approximate surface area is 176 Å². The number of rotatable bonds is 5. The van der Waals surface area contributed by atoms with Crippen LogP contribution in [0, 0.1) is 0 Å². The van der Waals surface area contributed by atoms with Gasteiger partial charge >= 0.3 is 0 Å². The van der Waals surface area contributed by atoms with E-state index >= 15 is 0 Å². The van der Waals surface area contributed by atoms with Crippen LogP contribution < -0.4 is 10.1 Å². The predicted molar refractivity (Wildman–Crippen MR) is 119 cm³/mol. The van der Waals surface area contributed by atoms with E-state index in [0.717, 1.165) is 53.9 Å². The molecule has 0 radical (unpaired) electrons. The number of benzene rings is 2. The lowest BCUT2D eigenvalue weighted by Crippen LogP contribution is -2.47. The number of ether oxygens (including phenoxy) is 1. The Morgan fingerprint density at radius 2 is 1.79 bits per heavy atom. The van der Waals surface area contributed by atoms with Gasteiger partial charge in [-0.15, -0.1) is 11.3 Å². The Kier molecular flexibility index (Phi) is 6.42. The van der Waals surface area contributed by atoms with Crippen LogP contribution in [0.3, 0.4) is 0 Å². The monoisotopic (exact) mass is 406 g/mol. The quantitative estimate of drug-likeness (QED) is 0.503. The second-order valence-electron chi connectivity index (χ2n) is 7.01. The molecular formula is C23H26N4OS. The van der Waals surface area contributed by atoms with Gasteiger partial charge < -0.3 is 15.0 Å². The SMILES string of the molecule is CN=C(NCc1nc(-c2ccccc2)cs1)N1CCC(Oc2ccccc2)CC1. The number of hydrogen-bond acceptors (Lipinski definition) is 4. The van der Waals surface area contributed by atoms with Crippen LogP contribution >= 0.6 is 11.3 Å². The lowest BCUT2D eigenvalue weighted by Gasteiger charge is -2.34. The fourth-order valence-corrected chi connectivity index (χ4v) is 4.24. The lowest BCUT2D eigenvalue weighted by molar-refractivity contribution is 0.129. The molecule has 1 saturated heterocycles. The van der Waals surface area contributed by atoms with Crippen LogP contribution in [0.1, 0.15) is 17.8 Å². The molecule has 0 bridgehead atoms. The zero-order valence-corrected chi connectivity index (χ0v) is 17.4. The molecule has 29 heavy (non-hydrogen) atoms. The van der Waals surface area contributed by atoms with Gasteiger partial charge in [0.1, 0.15) is 16.9 Å². The molecule has 1 N–H and O–H groups in total. The highest BCUT2D eigenvalue weighted by molar-refractivity contribution is 7.09. The Bertz CT molecular complexity index is 918. The van der Waals surface area contributed by atoms with Crippen molar-refractivity contribution in [2.75, 3.05) is 20.1 Å². The zero-order chi connectivity index (χ0) is 19.9. The number of piperidine rings is 1. The zero-order valence-electron chi connectivity index (χ0n) is 16.6. The Balaban J connectivity index is 1.28. The van der Waals surface area contributed by atoms with Gasteiger partial charge in [0.2, 0.25) is 0 Å². The Morgan fingerprint density at radius 3 is 2.48 bits per heavy atom. The van der Waals surface area contributed by atoms with Crippen LogP contribution in [0.2, 0.25) is 0 Å². The third kappa shape index (κ3) is 5.15. The molecule has 1 aromatic heterocycles. The Morgan fingerprint density at radius 1 is 1.10 bits per heavy atom. The number of nitrogens with one attached hydrogen (secondary N) is 1. The maximum atomic E-state index is 6.10. The van der Waals surface area contributed by atoms with E-state index in [1.54, 1.807) is 11.3 Å². The van der Waals surface area contributed by atoms with E-state index in [9.17, 15) is 0 Å². The van der Waals surface area contributed by atoms with Gasteiger partial charge in [0.25, 0.3) is 0 Å². The van der Waals surface area contributed by atoms with Crippen molar-refractivity contribution >= 4 is 17.3 Å². The highest BCUT2D eigenvalue weighted by atomic mass is 32.1. The second-order valence-corrected chi connectivity index (χ2v) is 7.95. The van der Waals surface area contributed by atoms with E-state index < -0.39 is 0 Å². The minimum Gasteiger partial charge on any atom is -0.490 e. The summed E-state index contributed by atoms with van der Waals surface area (Å²) in [6, 6.07) is 20.4. The Hall–Kier alpha value is -2.86. The van der Waals surface area contributed by atoms with Crippen molar-refractivity contribution in [1.82, 2.24) is 15.2 Å². The number of nitrogens with zero attached hydrogens (tertiary/aromatic N) is 3. The topological polar surface area (TPSA) is 49.8 Å². The fraction of sp³-hybridized carbons (Fsp3) is 0.304. The van der Waals surface area contributed by atoms with Crippen molar-refractivity contribution < 1.29 is 4.74 Å². The van der Waals surface area contributed by atoms with Crippen LogP contribution in [0.15, 0.2) is 71.0 Å². The van der Waals surface area contributed by atoms with Gasteiger partial charge in [-0.3, -0.25) is 4.99 Å². The van der Waals surface area contributed by atoms with E-state index in [0.29, 0.717) is 6.54 Å². The highest BCUT2D eigenvalue weighted by Gasteiger charge is 2.22. The average Bonchev–Trinajstić information content (AvgIpc) is 3.26. The standard InChI is InChI=1S/C23H26N4OS/c1-24-23(25-16-22-26-21(17-29-22)18-8-4-2-5-9-18)27-14-12-20(13-15-27)28-19-10-6-3-7-11-19/h2-11,17,20H,12-16H2,1H3,(H,24,25). The lowest BCUT2D eigenvalue weighted by atomic mass is 10.1. The summed E-state index contributed by atoms with van der Waals surface area (Å²) >= 11 is 1.68. The summed E-state index contributed by atoms with van der Waals surface area (Å²) in [7, 11) is 1.84. The molecule has 0 saturated carbocycles. The largest absolute Gasteiger partial charge is 0.490 e. The molecule has 3 aromatic rings. The summed E-state index contributed by atoms with van der Waals surface area (Å²) in [6.07, 6.45) is 2.25. The third-order valence-corrected chi connectivity index (χ3v) is 5.87. The van der Waals surface area contributed by atoms with Gasteiger partial charge in [-0.05, 0) is 12.1 Å². The van der Waals surface area contributed by atoms with E-state index in [-0.39, 0.29) is 6.10 Å². The van der Waals surface area contributed by atoms with Gasteiger partial charge in [-0.1, -0.05) is 48.5 Å². The smallest absolute Gasteiger partial charge is 0.193 e. The van der Waals surface area contributed by atoms with Crippen LogP contribution in [0.5, 0.6) is 5.75 Å². The van der Waals surface area contributed by atoms with Gasteiger partial charge in [0.05, 0.1) is 12.2 Å². The summed E-state index contributed by atoms with van der Waals surface area (Å²) in [4.78, 5) is 11.5. The molecule has 1 aliphatic heterocycles. The minimum absolute atomic E-state index is 0.263. The molecule has 6 heteroatoms. The molecule has 1 aliphatic rings. The van der Waals surface area contributed by atoms with Crippen molar-refractivity contribution in [3.8, 4) is 17.0 Å². The van der Waals surface area contributed by atoms with Crippen molar-refractivity contribution in [3.63, 3.8) is 0 Å². The summed E-state index contributed by atoms with van der Waals surface area (Å²) in [5.74, 6) is 1.88. The van der Waals surface area contributed by atoms with E-state index in [1.807, 2.05) is 55.6 Å². The number of thiazole rings is 1. The third-order valence-electron chi connectivity index (χ3n) is 5.02. The van der Waals surface area contributed by atoms with Crippen LogP contribution in [-0.4, -0.2) is 42.1 Å². The molecule has 4 rings (SSSR count). The molecule has 150 valence electrons. The summed E-state index contributed by atoms with van der Waals surface area (Å²) in [5.41, 5.74) is 2.18. The molecule has 0 aliphatic carbocycles. The first-order valence-electron chi connectivity index (χ1n) is 9.99. The van der Waals surface area contributed by atoms with Gasteiger partial charge in [-0.2, -0.15) is 0 Å². The highest BCUT2D eigenvalue weighted by Crippen LogP contribution is 2.22. The first-order chi connectivity index (χ1) is 14.3.